The molecular formula is C42H40F2N8O6P2. The molecule has 2 saturated heterocycles. The zero-order valence-electron chi connectivity index (χ0n) is 32.0. The summed E-state index contributed by atoms with van der Waals surface area (Å²) >= 11 is 0. The number of hydrogen-bond acceptors (Lipinski definition) is 12. The summed E-state index contributed by atoms with van der Waals surface area (Å²) in [6, 6.07) is 23.7. The lowest BCUT2D eigenvalue weighted by atomic mass is 10.0. The molecule has 4 aromatic carbocycles. The van der Waals surface area contributed by atoms with E-state index in [0.717, 1.165) is 0 Å². The summed E-state index contributed by atoms with van der Waals surface area (Å²) in [6.45, 7) is 2.05. The highest BCUT2D eigenvalue weighted by Gasteiger charge is 2.35. The van der Waals surface area contributed by atoms with Crippen LogP contribution in [-0.4, -0.2) is 91.4 Å². The van der Waals surface area contributed by atoms with Crippen molar-refractivity contribution in [3.8, 4) is 0 Å². The number of aromatic amines is 2. The van der Waals surface area contributed by atoms with Crippen molar-refractivity contribution in [2.75, 3.05) is 55.7 Å². The first-order chi connectivity index (χ1) is 29.0. The molecule has 0 bridgehead atoms. The summed E-state index contributed by atoms with van der Waals surface area (Å²) in [6.07, 6.45) is 2.23. The maximum Gasteiger partial charge on any atom is 0.272 e. The molecule has 2 fully saturated rings. The van der Waals surface area contributed by atoms with Gasteiger partial charge in [-0.15, -0.1) is 0 Å². The fraction of sp³-hybridized carbons (Fsp3) is 0.238. The highest BCUT2D eigenvalue weighted by Crippen LogP contribution is 2.48. The van der Waals surface area contributed by atoms with Crippen molar-refractivity contribution in [2.45, 2.75) is 12.2 Å². The molecule has 5 heterocycles. The summed E-state index contributed by atoms with van der Waals surface area (Å²) in [7, 11) is -5.88. The molecule has 60 heavy (non-hydrogen) atoms. The van der Waals surface area contributed by atoms with Crippen LogP contribution < -0.4 is 31.9 Å². The van der Waals surface area contributed by atoms with Crippen LogP contribution in [0, 0.1) is 11.6 Å². The van der Waals surface area contributed by atoms with Gasteiger partial charge in [0, 0.05) is 84.6 Å². The minimum Gasteiger partial charge on any atom is -0.382 e. The Morgan fingerprint density at radius 1 is 0.600 bits per heavy atom. The van der Waals surface area contributed by atoms with Crippen LogP contribution in [-0.2, 0) is 9.13 Å². The number of H-pyrrole nitrogens is 2. The van der Waals surface area contributed by atoms with E-state index in [1.165, 1.54) is 36.4 Å². The number of nitrogens with one attached hydrogen (secondary N) is 3. The lowest BCUT2D eigenvalue weighted by Crippen LogP contribution is -2.38. The van der Waals surface area contributed by atoms with E-state index >= 15 is 0 Å². The van der Waals surface area contributed by atoms with E-state index in [1.54, 1.807) is 67.0 Å². The zero-order chi connectivity index (χ0) is 42.0. The van der Waals surface area contributed by atoms with Gasteiger partial charge in [0.2, 0.25) is 5.95 Å². The van der Waals surface area contributed by atoms with E-state index in [1.807, 2.05) is 4.90 Å². The number of anilines is 1. The smallest absolute Gasteiger partial charge is 0.272 e. The fourth-order valence-corrected chi connectivity index (χ4v) is 13.0. The van der Waals surface area contributed by atoms with Gasteiger partial charge in [-0.2, -0.15) is 10.2 Å². The third kappa shape index (κ3) is 8.09. The average Bonchev–Trinajstić information content (AvgIpc) is 3.28. The number of aliphatic hydroxyl groups is 2. The Labute approximate surface area is 341 Å². The normalized spacial score (nSPS) is 17.1. The van der Waals surface area contributed by atoms with E-state index in [-0.39, 0.29) is 45.4 Å². The summed E-state index contributed by atoms with van der Waals surface area (Å²) in [5.41, 5.74) is 0.564. The summed E-state index contributed by atoms with van der Waals surface area (Å²) in [5.74, 6) is -0.516. The first kappa shape index (κ1) is 41.0. The van der Waals surface area contributed by atoms with Crippen molar-refractivity contribution in [3.05, 3.63) is 158 Å². The van der Waals surface area contributed by atoms with Crippen molar-refractivity contribution in [1.29, 1.82) is 0 Å². The molecule has 2 aliphatic rings. The molecule has 3 aromatic heterocycles. The topological polar surface area (TPSA) is 207 Å². The van der Waals surface area contributed by atoms with Crippen LogP contribution in [0.15, 0.2) is 113 Å². The van der Waals surface area contributed by atoms with Crippen molar-refractivity contribution < 1.29 is 28.1 Å². The molecule has 0 amide bonds. The van der Waals surface area contributed by atoms with Crippen molar-refractivity contribution in [2.24, 2.45) is 0 Å². The van der Waals surface area contributed by atoms with Gasteiger partial charge < -0.3 is 29.6 Å². The van der Waals surface area contributed by atoms with Crippen LogP contribution >= 0.6 is 14.3 Å². The molecule has 0 aliphatic carbocycles. The SMILES string of the molecule is O=c1[nH]nc(C(O)c2ccc(F)c(P3(=O)CCN(c4ncccn4)CC3)c2)c2ccccc12.O=c1[nH]nc(C(O)c2ccc(F)c(P3(=O)CCNCC3)c2)c2ccccc12. The largest absolute Gasteiger partial charge is 0.382 e. The molecule has 0 saturated carbocycles. The Morgan fingerprint density at radius 3 is 1.50 bits per heavy atom. The van der Waals surface area contributed by atoms with Crippen LogP contribution in [0.4, 0.5) is 14.7 Å². The van der Waals surface area contributed by atoms with Crippen LogP contribution in [0.3, 0.4) is 0 Å². The van der Waals surface area contributed by atoms with Gasteiger partial charge in [0.05, 0.1) is 10.8 Å². The Morgan fingerprint density at radius 2 is 1.03 bits per heavy atom. The number of fused-ring (bicyclic) bond motifs is 2. The van der Waals surface area contributed by atoms with Gasteiger partial charge in [0.25, 0.3) is 11.1 Å². The highest BCUT2D eigenvalue weighted by atomic mass is 31.2. The van der Waals surface area contributed by atoms with Crippen LogP contribution in [0.1, 0.15) is 34.7 Å². The number of nitrogens with zero attached hydrogens (tertiary/aromatic N) is 5. The third-order valence-corrected chi connectivity index (χ3v) is 17.2. The second-order valence-corrected chi connectivity index (χ2v) is 21.0. The molecule has 18 heteroatoms. The molecule has 0 radical (unpaired) electrons. The Bertz CT molecular complexity index is 2910. The molecule has 0 spiro atoms. The summed E-state index contributed by atoms with van der Waals surface area (Å²) < 4.78 is 56.2. The second kappa shape index (κ2) is 17.1. The van der Waals surface area contributed by atoms with Crippen LogP contribution in [0.2, 0.25) is 0 Å². The Balaban J connectivity index is 0.000000170. The first-order valence-corrected chi connectivity index (χ1v) is 23.4. The lowest BCUT2D eigenvalue weighted by molar-refractivity contribution is 0.215. The highest BCUT2D eigenvalue weighted by molar-refractivity contribution is 7.72. The van der Waals surface area contributed by atoms with Gasteiger partial charge in [-0.1, -0.05) is 48.5 Å². The van der Waals surface area contributed by atoms with Gasteiger partial charge in [-0.25, -0.2) is 28.9 Å². The van der Waals surface area contributed by atoms with E-state index in [0.29, 0.717) is 77.1 Å². The van der Waals surface area contributed by atoms with Crippen molar-refractivity contribution in [3.63, 3.8) is 0 Å². The number of rotatable bonds is 7. The molecule has 14 nitrogen and oxygen atoms in total. The maximum atomic E-state index is 14.8. The average molecular weight is 853 g/mol. The van der Waals surface area contributed by atoms with E-state index in [9.17, 15) is 37.7 Å². The van der Waals surface area contributed by atoms with Gasteiger partial charge in [-0.3, -0.25) is 9.59 Å². The van der Waals surface area contributed by atoms with Crippen molar-refractivity contribution >= 4 is 52.4 Å². The van der Waals surface area contributed by atoms with Crippen molar-refractivity contribution in [1.82, 2.24) is 35.7 Å². The maximum absolute atomic E-state index is 14.8. The van der Waals surface area contributed by atoms with Gasteiger partial charge in [-0.05, 0) is 53.6 Å². The molecule has 7 aromatic rings. The molecule has 9 rings (SSSR count). The summed E-state index contributed by atoms with van der Waals surface area (Å²) in [5, 5.41) is 40.0. The number of aromatic nitrogens is 6. The second-order valence-electron chi connectivity index (χ2n) is 14.7. The minimum atomic E-state index is -3.04. The van der Waals surface area contributed by atoms with Gasteiger partial charge in [0.15, 0.2) is 0 Å². The van der Waals surface area contributed by atoms with Gasteiger partial charge in [0.1, 0.15) is 49.5 Å². The first-order valence-electron chi connectivity index (χ1n) is 19.3. The van der Waals surface area contributed by atoms with E-state index < -0.39 is 38.1 Å². The predicted molar refractivity (Wildman–Crippen MR) is 227 cm³/mol. The van der Waals surface area contributed by atoms with Crippen LogP contribution in [0.25, 0.3) is 21.5 Å². The molecule has 5 N–H and O–H groups in total. The zero-order valence-corrected chi connectivity index (χ0v) is 33.8. The monoisotopic (exact) mass is 852 g/mol. The fourth-order valence-electron chi connectivity index (χ4n) is 7.71. The summed E-state index contributed by atoms with van der Waals surface area (Å²) in [4.78, 5) is 34.4. The Kier molecular flexibility index (Phi) is 11.7. The molecule has 2 atom stereocenters. The minimum absolute atomic E-state index is 0.126. The Hall–Kier alpha value is -5.76. The quantitative estimate of drug-likeness (QED) is 0.143. The van der Waals surface area contributed by atoms with E-state index in [4.69, 9.17) is 0 Å². The number of hydrogen-bond donors (Lipinski definition) is 5. The molecule has 2 aliphatic heterocycles. The molecular weight excluding hydrogens is 812 g/mol. The number of aliphatic hydroxyl groups excluding tert-OH is 2. The number of halogens is 2. The van der Waals surface area contributed by atoms with Gasteiger partial charge >= 0.3 is 0 Å². The number of benzene rings is 4. The third-order valence-electron chi connectivity index (χ3n) is 11.0. The lowest BCUT2D eigenvalue weighted by Gasteiger charge is -2.32. The van der Waals surface area contributed by atoms with E-state index in [2.05, 4.69) is 35.7 Å². The molecule has 308 valence electrons. The molecule has 2 unspecified atom stereocenters. The standard InChI is InChI=1S/C23H21FN5O3P.C19H19FN3O3P/c24-18-7-6-15(21(30)20-16-4-1-2-5-17(16)22(31)28-27-20)14-19(18)33(32)12-10-29(11-13-33)23-25-8-3-9-26-23;20-15-6-5-12(11-16(15)27(26)9-7-21-8-10-27)18(24)17-13-3-1-2-4-14(13)19(25)23-22-17/h1-9,14,21,30H,10-13H2,(H,28,31);1-6,11,18,21,24H,7-10H2,(H,23,25). The predicted octanol–water partition coefficient (Wildman–Crippen LogP) is 4.18. The van der Waals surface area contributed by atoms with Crippen LogP contribution in [0.5, 0.6) is 0 Å².